The maximum absolute atomic E-state index is 13.7. The molecule has 0 radical (unpaired) electrons. The number of nitrogens with zero attached hydrogens (tertiary/aromatic N) is 1. The highest BCUT2D eigenvalue weighted by Gasteiger charge is 2.58. The van der Waals surface area contributed by atoms with Gasteiger partial charge in [-0.1, -0.05) is 0 Å². The molecule has 0 aromatic heterocycles. The topological polar surface area (TPSA) is 234 Å². The Balaban J connectivity index is 4.26. The van der Waals surface area contributed by atoms with E-state index in [1.807, 2.05) is 10.6 Å². The fourth-order valence-corrected chi connectivity index (χ4v) is 7.42. The van der Waals surface area contributed by atoms with Crippen LogP contribution < -0.4 is 10.6 Å². The molecule has 3 amide bonds. The highest BCUT2D eigenvalue weighted by molar-refractivity contribution is 14.1. The van der Waals surface area contributed by atoms with Crippen molar-refractivity contribution in [2.75, 3.05) is 27.3 Å². The van der Waals surface area contributed by atoms with Crippen LogP contribution >= 0.6 is 67.8 Å². The number of amides is 3. The first-order chi connectivity index (χ1) is 15.6. The number of carbonyl (C=O) groups is 5. The molecular weight excluding hydrogens is 803 g/mol. The van der Waals surface area contributed by atoms with Crippen molar-refractivity contribution in [1.82, 2.24) is 15.5 Å². The van der Waals surface area contributed by atoms with Crippen molar-refractivity contribution in [3.8, 4) is 0 Å². The molecule has 0 saturated heterocycles. The van der Waals surface area contributed by atoms with Crippen molar-refractivity contribution in [2.45, 2.75) is 11.4 Å². The number of rotatable bonds is 9. The summed E-state index contributed by atoms with van der Waals surface area (Å²) in [5, 5.41) is 64.6. The summed E-state index contributed by atoms with van der Waals surface area (Å²) in [4.78, 5) is 62.1. The van der Waals surface area contributed by atoms with E-state index in [4.69, 9.17) is 0 Å². The number of benzene rings is 1. The van der Waals surface area contributed by atoms with E-state index in [9.17, 15) is 54.6 Å². The Kier molecular flexibility index (Phi) is 10.4. The SMILES string of the molecule is CNC(=O)C(O)(CO)N(C(=O)c1c(I)c(C(=O)O)c(I)c(C(=O)O)c1I)C(O)(CO)C(=O)NC. The van der Waals surface area contributed by atoms with Gasteiger partial charge in [0.2, 0.25) is 11.4 Å². The zero-order valence-corrected chi connectivity index (χ0v) is 23.7. The number of likely N-dealkylation sites (N-methyl/N-ethyl adjacent to an activating group) is 2. The van der Waals surface area contributed by atoms with Crippen molar-refractivity contribution >= 4 is 97.4 Å². The lowest BCUT2D eigenvalue weighted by atomic mass is 9.99. The molecule has 2 atom stereocenters. The summed E-state index contributed by atoms with van der Waals surface area (Å²) >= 11 is 4.28. The molecule has 0 aliphatic carbocycles. The molecule has 17 heteroatoms. The van der Waals surface area contributed by atoms with Crippen molar-refractivity contribution in [3.63, 3.8) is 0 Å². The fraction of sp³-hybridized carbons (Fsp3) is 0.353. The number of carbonyl (C=O) groups excluding carboxylic acids is 3. The molecule has 14 nitrogen and oxygen atoms in total. The van der Waals surface area contributed by atoms with Gasteiger partial charge in [-0.15, -0.1) is 0 Å². The molecule has 0 saturated carbocycles. The molecule has 2 unspecified atom stereocenters. The van der Waals surface area contributed by atoms with E-state index in [1.54, 1.807) is 0 Å². The standard InChI is InChI=1S/C17H18I3N3O11/c1-21-14(31)16(33,3-24)23(17(34,4-25)15(32)22-2)11(26)5-8(18)6(12(27)28)10(20)7(9(5)19)13(29)30/h24-25,33-34H,3-4H2,1-2H3,(H,21,31)(H,22,32)(H,27,28)(H,29,30). The third kappa shape index (κ3) is 5.09. The summed E-state index contributed by atoms with van der Waals surface area (Å²) in [5.74, 6) is -7.88. The second kappa shape index (κ2) is 11.6. The van der Waals surface area contributed by atoms with Crippen molar-refractivity contribution < 1.29 is 54.6 Å². The first-order valence-electron chi connectivity index (χ1n) is 8.74. The molecule has 1 aromatic carbocycles. The van der Waals surface area contributed by atoms with Gasteiger partial charge in [0.15, 0.2) is 0 Å². The molecule has 34 heavy (non-hydrogen) atoms. The molecule has 0 heterocycles. The largest absolute Gasteiger partial charge is 0.478 e. The minimum absolute atomic E-state index is 0.235. The first kappa shape index (κ1) is 30.6. The average Bonchev–Trinajstić information content (AvgIpc) is 2.76. The van der Waals surface area contributed by atoms with Crippen LogP contribution in [0.3, 0.4) is 0 Å². The number of halogens is 3. The first-order valence-corrected chi connectivity index (χ1v) is 12.0. The maximum Gasteiger partial charge on any atom is 0.337 e. The Hall–Kier alpha value is -1.40. The van der Waals surface area contributed by atoms with Gasteiger partial charge in [-0.25, -0.2) is 9.59 Å². The molecule has 0 aliphatic rings. The van der Waals surface area contributed by atoms with Gasteiger partial charge in [0.1, 0.15) is 13.2 Å². The summed E-state index contributed by atoms with van der Waals surface area (Å²) in [6.07, 6.45) is 0. The molecular formula is C17H18I3N3O11. The molecule has 1 rings (SSSR count). The molecule has 1 aromatic rings. The van der Waals surface area contributed by atoms with E-state index < -0.39 is 71.0 Å². The lowest BCUT2D eigenvalue weighted by molar-refractivity contribution is -0.224. The van der Waals surface area contributed by atoms with Gasteiger partial charge < -0.3 is 41.3 Å². The van der Waals surface area contributed by atoms with Gasteiger partial charge in [-0.05, 0) is 67.8 Å². The van der Waals surface area contributed by atoms with Gasteiger partial charge in [-0.2, -0.15) is 0 Å². The van der Waals surface area contributed by atoms with Crippen LogP contribution in [0.15, 0.2) is 0 Å². The zero-order valence-electron chi connectivity index (χ0n) is 17.2. The van der Waals surface area contributed by atoms with E-state index in [0.717, 1.165) is 14.1 Å². The summed E-state index contributed by atoms with van der Waals surface area (Å²) in [7, 11) is 1.99. The molecule has 0 bridgehead atoms. The number of nitrogens with one attached hydrogen (secondary N) is 2. The smallest absolute Gasteiger partial charge is 0.337 e. The lowest BCUT2D eigenvalue weighted by Gasteiger charge is -2.45. The molecule has 8 N–H and O–H groups in total. The highest BCUT2D eigenvalue weighted by Crippen LogP contribution is 2.36. The number of hydrogen-bond donors (Lipinski definition) is 8. The van der Waals surface area contributed by atoms with Crippen LogP contribution in [0.1, 0.15) is 31.1 Å². The normalized spacial score (nSPS) is 14.4. The Bertz CT molecular complexity index is 996. The van der Waals surface area contributed by atoms with Gasteiger partial charge in [0, 0.05) is 24.8 Å². The zero-order chi connectivity index (χ0) is 26.8. The Morgan fingerprint density at radius 1 is 0.735 bits per heavy atom. The maximum atomic E-state index is 13.7. The molecule has 0 aliphatic heterocycles. The number of carboxylic acid groups (broad SMARTS) is 2. The van der Waals surface area contributed by atoms with Crippen LogP contribution in [-0.2, 0) is 9.59 Å². The summed E-state index contributed by atoms with van der Waals surface area (Å²) in [5.41, 5.74) is -8.73. The second-order valence-electron chi connectivity index (χ2n) is 6.43. The molecule has 188 valence electrons. The third-order valence-corrected chi connectivity index (χ3v) is 7.76. The monoisotopic (exact) mass is 821 g/mol. The number of aromatic carboxylic acids is 2. The van der Waals surface area contributed by atoms with Gasteiger partial charge >= 0.3 is 11.9 Å². The Morgan fingerprint density at radius 2 is 1.03 bits per heavy atom. The van der Waals surface area contributed by atoms with Crippen molar-refractivity contribution in [2.24, 2.45) is 0 Å². The van der Waals surface area contributed by atoms with Crippen LogP contribution in [-0.4, -0.2) is 104 Å². The van der Waals surface area contributed by atoms with E-state index in [1.165, 1.54) is 67.8 Å². The average molecular weight is 821 g/mol. The highest BCUT2D eigenvalue weighted by atomic mass is 127. The van der Waals surface area contributed by atoms with Crippen LogP contribution in [0.5, 0.6) is 0 Å². The summed E-state index contributed by atoms with van der Waals surface area (Å²) in [6, 6.07) is 0. The van der Waals surface area contributed by atoms with Gasteiger partial charge in [0.25, 0.3) is 17.7 Å². The fourth-order valence-electron chi connectivity index (χ4n) is 2.87. The second-order valence-corrected chi connectivity index (χ2v) is 9.66. The molecule has 0 spiro atoms. The quantitative estimate of drug-likeness (QED) is 0.102. The van der Waals surface area contributed by atoms with Crippen LogP contribution in [0, 0.1) is 10.7 Å². The number of hydrogen-bond acceptors (Lipinski definition) is 9. The predicted octanol–water partition coefficient (Wildman–Crippen LogP) is -1.81. The minimum Gasteiger partial charge on any atom is -0.478 e. The van der Waals surface area contributed by atoms with Crippen LogP contribution in [0.4, 0.5) is 0 Å². The lowest BCUT2D eigenvalue weighted by Crippen LogP contribution is -2.74. The third-order valence-electron chi connectivity index (χ3n) is 4.52. The minimum atomic E-state index is -3.38. The van der Waals surface area contributed by atoms with E-state index in [2.05, 4.69) is 0 Å². The Labute approximate surface area is 232 Å². The number of carboxylic acids is 2. The number of aliphatic hydroxyl groups is 4. The Morgan fingerprint density at radius 3 is 1.26 bits per heavy atom. The summed E-state index contributed by atoms with van der Waals surface area (Å²) < 4.78 is -0.983. The number of aliphatic hydroxyl groups excluding tert-OH is 2. The molecule has 0 fully saturated rings. The van der Waals surface area contributed by atoms with E-state index in [-0.39, 0.29) is 15.6 Å². The van der Waals surface area contributed by atoms with E-state index >= 15 is 0 Å². The van der Waals surface area contributed by atoms with Crippen molar-refractivity contribution in [3.05, 3.63) is 27.4 Å². The van der Waals surface area contributed by atoms with E-state index in [0.29, 0.717) is 0 Å². The predicted molar refractivity (Wildman–Crippen MR) is 137 cm³/mol. The van der Waals surface area contributed by atoms with Gasteiger partial charge in [0.05, 0.1) is 16.7 Å². The van der Waals surface area contributed by atoms with Crippen molar-refractivity contribution in [1.29, 1.82) is 0 Å². The van der Waals surface area contributed by atoms with Crippen LogP contribution in [0.2, 0.25) is 0 Å². The van der Waals surface area contributed by atoms with Gasteiger partial charge in [-0.3, -0.25) is 19.3 Å². The summed E-state index contributed by atoms with van der Waals surface area (Å²) in [6.45, 7) is -3.18. The van der Waals surface area contributed by atoms with Crippen LogP contribution in [0.25, 0.3) is 0 Å².